The van der Waals surface area contributed by atoms with Crippen LogP contribution in [0.15, 0.2) is 65.2 Å². The summed E-state index contributed by atoms with van der Waals surface area (Å²) in [6.07, 6.45) is 5.24. The molecular weight excluding hydrogens is 390 g/mol. The van der Waals surface area contributed by atoms with Gasteiger partial charge in [-0.25, -0.2) is 4.98 Å². The molecule has 1 amide bonds. The molecule has 3 heterocycles. The number of carbonyl (C=O) groups excluding carboxylic acids is 1. The Bertz CT molecular complexity index is 1180. The van der Waals surface area contributed by atoms with Crippen LogP contribution in [0.1, 0.15) is 53.0 Å². The number of amides is 1. The van der Waals surface area contributed by atoms with E-state index in [0.717, 1.165) is 47.2 Å². The number of H-pyrrole nitrogens is 1. The lowest BCUT2D eigenvalue weighted by molar-refractivity contribution is 0.0565. The first-order chi connectivity index (χ1) is 15.2. The maximum absolute atomic E-state index is 13.3. The number of methoxy groups -OCH3 is 1. The molecule has 1 N–H and O–H groups in total. The zero-order chi connectivity index (χ0) is 21.2. The number of nitrogens with one attached hydrogen (secondary N) is 1. The third-order valence-corrected chi connectivity index (χ3v) is 5.94. The number of hydrogen-bond acceptors (Lipinski definition) is 4. The average Bonchev–Trinajstić information content (AvgIpc) is 3.46. The second-order valence-corrected chi connectivity index (χ2v) is 7.93. The van der Waals surface area contributed by atoms with Gasteiger partial charge < -0.3 is 19.0 Å². The minimum absolute atomic E-state index is 0.00891. The van der Waals surface area contributed by atoms with Crippen molar-refractivity contribution in [2.75, 3.05) is 13.7 Å². The van der Waals surface area contributed by atoms with E-state index in [1.807, 2.05) is 59.5 Å². The Morgan fingerprint density at radius 3 is 2.90 bits per heavy atom. The van der Waals surface area contributed by atoms with Crippen LogP contribution >= 0.6 is 0 Å². The molecule has 5 rings (SSSR count). The lowest BCUT2D eigenvalue weighted by atomic mass is 10.0. The van der Waals surface area contributed by atoms with Gasteiger partial charge >= 0.3 is 0 Å². The second kappa shape index (κ2) is 8.30. The number of ether oxygens (including phenoxy) is 1. The predicted molar refractivity (Wildman–Crippen MR) is 118 cm³/mol. The maximum atomic E-state index is 13.3. The predicted octanol–water partition coefficient (Wildman–Crippen LogP) is 5.12. The maximum Gasteiger partial charge on any atom is 0.270 e. The molecule has 0 unspecified atom stereocenters. The van der Waals surface area contributed by atoms with Gasteiger partial charge in [0, 0.05) is 29.4 Å². The number of carbonyl (C=O) groups is 1. The van der Waals surface area contributed by atoms with Crippen LogP contribution < -0.4 is 4.74 Å². The monoisotopic (exact) mass is 415 g/mol. The van der Waals surface area contributed by atoms with E-state index in [-0.39, 0.29) is 11.9 Å². The van der Waals surface area contributed by atoms with Crippen molar-refractivity contribution < 1.29 is 13.9 Å². The fourth-order valence-corrected chi connectivity index (χ4v) is 4.37. The number of oxazole rings is 1. The first-order valence-electron chi connectivity index (χ1n) is 10.7. The number of piperidine rings is 1. The molecule has 0 radical (unpaired) electrons. The quantitative estimate of drug-likeness (QED) is 0.491. The summed E-state index contributed by atoms with van der Waals surface area (Å²) in [4.78, 5) is 23.0. The lowest BCUT2D eigenvalue weighted by Gasteiger charge is -2.33. The van der Waals surface area contributed by atoms with E-state index in [9.17, 15) is 4.79 Å². The first-order valence-corrected chi connectivity index (χ1v) is 10.7. The highest BCUT2D eigenvalue weighted by Gasteiger charge is 2.32. The van der Waals surface area contributed by atoms with E-state index >= 15 is 0 Å². The molecule has 1 fully saturated rings. The van der Waals surface area contributed by atoms with Crippen molar-refractivity contribution in [2.24, 2.45) is 0 Å². The van der Waals surface area contributed by atoms with E-state index in [0.29, 0.717) is 24.6 Å². The van der Waals surface area contributed by atoms with Gasteiger partial charge in [-0.05, 0) is 37.5 Å². The highest BCUT2D eigenvalue weighted by atomic mass is 16.5. The van der Waals surface area contributed by atoms with E-state index in [1.54, 1.807) is 13.3 Å². The van der Waals surface area contributed by atoms with Gasteiger partial charge in [0.2, 0.25) is 5.89 Å². The van der Waals surface area contributed by atoms with Crippen LogP contribution in [-0.4, -0.2) is 34.4 Å². The van der Waals surface area contributed by atoms with Crippen molar-refractivity contribution in [1.82, 2.24) is 14.9 Å². The van der Waals surface area contributed by atoms with Crippen molar-refractivity contribution in [3.63, 3.8) is 0 Å². The second-order valence-electron chi connectivity index (χ2n) is 7.93. The number of aromatic amines is 1. The molecule has 4 aromatic rings. The Morgan fingerprint density at radius 2 is 2.03 bits per heavy atom. The summed E-state index contributed by atoms with van der Waals surface area (Å²) in [5.41, 5.74) is 2.62. The summed E-state index contributed by atoms with van der Waals surface area (Å²) < 4.78 is 11.6. The highest BCUT2D eigenvalue weighted by Crippen LogP contribution is 2.33. The molecule has 158 valence electrons. The summed E-state index contributed by atoms with van der Waals surface area (Å²) in [7, 11) is 1.67. The van der Waals surface area contributed by atoms with Crippen LogP contribution in [0, 0.1) is 0 Å². The Kier molecular flexibility index (Phi) is 5.20. The number of likely N-dealkylation sites (tertiary alicyclic amines) is 1. The Balaban J connectivity index is 1.39. The van der Waals surface area contributed by atoms with Crippen LogP contribution in [0.3, 0.4) is 0 Å². The SMILES string of the molecule is COc1ccccc1Cc1cnc([C@@H]2CCCCN2C(=O)c2cc3ccccc3[nH]2)o1. The highest BCUT2D eigenvalue weighted by molar-refractivity contribution is 5.98. The summed E-state index contributed by atoms with van der Waals surface area (Å²) in [6.45, 7) is 0.698. The number of fused-ring (bicyclic) bond motifs is 1. The average molecular weight is 415 g/mol. The summed E-state index contributed by atoms with van der Waals surface area (Å²) in [5, 5.41) is 1.04. The minimum Gasteiger partial charge on any atom is -0.496 e. The minimum atomic E-state index is -0.154. The van der Waals surface area contributed by atoms with Crippen molar-refractivity contribution in [3.05, 3.63) is 83.7 Å². The Labute approximate surface area is 180 Å². The molecule has 31 heavy (non-hydrogen) atoms. The van der Waals surface area contributed by atoms with Crippen LogP contribution in [-0.2, 0) is 6.42 Å². The third kappa shape index (κ3) is 3.81. The molecule has 0 spiro atoms. The summed E-state index contributed by atoms with van der Waals surface area (Å²) >= 11 is 0. The van der Waals surface area contributed by atoms with Crippen LogP contribution in [0.5, 0.6) is 5.75 Å². The van der Waals surface area contributed by atoms with Gasteiger partial charge in [0.05, 0.1) is 13.3 Å². The Morgan fingerprint density at radius 1 is 1.19 bits per heavy atom. The van der Waals surface area contributed by atoms with Gasteiger partial charge in [-0.2, -0.15) is 0 Å². The molecule has 0 saturated carbocycles. The molecule has 1 aliphatic rings. The Hall–Kier alpha value is -3.54. The molecule has 6 heteroatoms. The van der Waals surface area contributed by atoms with Crippen molar-refractivity contribution in [1.29, 1.82) is 0 Å². The molecule has 6 nitrogen and oxygen atoms in total. The molecular formula is C25H25N3O3. The molecule has 0 bridgehead atoms. The lowest BCUT2D eigenvalue weighted by Crippen LogP contribution is -2.38. The van der Waals surface area contributed by atoms with Gasteiger partial charge in [0.25, 0.3) is 5.91 Å². The first kappa shape index (κ1) is 19.4. The molecule has 2 aromatic carbocycles. The molecule has 0 aliphatic carbocycles. The smallest absolute Gasteiger partial charge is 0.270 e. The molecule has 1 atom stereocenters. The van der Waals surface area contributed by atoms with Crippen LogP contribution in [0.25, 0.3) is 10.9 Å². The number of para-hydroxylation sites is 2. The summed E-state index contributed by atoms with van der Waals surface area (Å²) in [6, 6.07) is 17.6. The van der Waals surface area contributed by atoms with Crippen molar-refractivity contribution in [2.45, 2.75) is 31.7 Å². The zero-order valence-corrected chi connectivity index (χ0v) is 17.5. The number of rotatable bonds is 5. The van der Waals surface area contributed by atoms with E-state index in [1.165, 1.54) is 0 Å². The van der Waals surface area contributed by atoms with Gasteiger partial charge in [0.15, 0.2) is 0 Å². The molecule has 2 aromatic heterocycles. The van der Waals surface area contributed by atoms with E-state index < -0.39 is 0 Å². The van der Waals surface area contributed by atoms with Gasteiger partial charge in [-0.15, -0.1) is 0 Å². The number of aromatic nitrogens is 2. The van der Waals surface area contributed by atoms with E-state index in [4.69, 9.17) is 9.15 Å². The topological polar surface area (TPSA) is 71.4 Å². The normalized spacial score (nSPS) is 16.5. The van der Waals surface area contributed by atoms with Crippen molar-refractivity contribution >= 4 is 16.8 Å². The van der Waals surface area contributed by atoms with Crippen molar-refractivity contribution in [3.8, 4) is 5.75 Å². The van der Waals surface area contributed by atoms with Gasteiger partial charge in [0.1, 0.15) is 23.2 Å². The molecule has 1 saturated heterocycles. The molecule has 1 aliphatic heterocycles. The standard InChI is InChI=1S/C25H25N3O3/c1-30-23-12-5-3-9-18(23)14-19-16-26-24(31-19)22-11-6-7-13-28(22)25(29)21-15-17-8-2-4-10-20(17)27-21/h2-5,8-10,12,15-16,22,27H,6-7,11,13-14H2,1H3/t22-/m0/s1. The zero-order valence-electron chi connectivity index (χ0n) is 17.5. The fraction of sp³-hybridized carbons (Fsp3) is 0.280. The van der Waals surface area contributed by atoms with E-state index in [2.05, 4.69) is 9.97 Å². The van der Waals surface area contributed by atoms with Gasteiger partial charge in [-0.3, -0.25) is 4.79 Å². The number of hydrogen-bond donors (Lipinski definition) is 1. The third-order valence-electron chi connectivity index (χ3n) is 5.94. The summed E-state index contributed by atoms with van der Waals surface area (Å²) in [5.74, 6) is 2.19. The van der Waals surface area contributed by atoms with Crippen LogP contribution in [0.2, 0.25) is 0 Å². The van der Waals surface area contributed by atoms with Crippen LogP contribution in [0.4, 0.5) is 0 Å². The number of benzene rings is 2. The number of nitrogens with zero attached hydrogens (tertiary/aromatic N) is 2. The largest absolute Gasteiger partial charge is 0.496 e. The fourth-order valence-electron chi connectivity index (χ4n) is 4.37. The van der Waals surface area contributed by atoms with Gasteiger partial charge in [-0.1, -0.05) is 36.4 Å².